The number of nitrogens with zero attached hydrogens (tertiary/aromatic N) is 1. The van der Waals surface area contributed by atoms with Gasteiger partial charge in [0.1, 0.15) is 11.5 Å². The number of hydrogen-bond donors (Lipinski definition) is 3. The van der Waals surface area contributed by atoms with E-state index in [1.807, 2.05) is 19.9 Å². The highest BCUT2D eigenvalue weighted by Crippen LogP contribution is 2.15. The van der Waals surface area contributed by atoms with Gasteiger partial charge in [0.25, 0.3) is 0 Å². The van der Waals surface area contributed by atoms with E-state index in [0.717, 1.165) is 11.1 Å². The van der Waals surface area contributed by atoms with Crippen LogP contribution in [0.15, 0.2) is 69.0 Å². The van der Waals surface area contributed by atoms with Crippen LogP contribution in [-0.2, 0) is 26.2 Å². The number of nitrogens with one attached hydrogen (secondary N) is 3. The van der Waals surface area contributed by atoms with Crippen LogP contribution in [0.5, 0.6) is 0 Å². The minimum absolute atomic E-state index is 0.0713. The van der Waals surface area contributed by atoms with E-state index < -0.39 is 21.8 Å². The van der Waals surface area contributed by atoms with Crippen LogP contribution in [0.25, 0.3) is 0 Å². The fourth-order valence-corrected chi connectivity index (χ4v) is 3.75. The van der Waals surface area contributed by atoms with E-state index in [0.29, 0.717) is 16.5 Å². The molecule has 0 saturated heterocycles. The number of amides is 2. The molecule has 3 aromatic rings. The fourth-order valence-electron chi connectivity index (χ4n) is 2.63. The number of rotatable bonds is 7. The maximum atomic E-state index is 12.3. The van der Waals surface area contributed by atoms with Gasteiger partial charge in [0.05, 0.1) is 17.7 Å². The number of sulfonamides is 1. The second-order valence-corrected chi connectivity index (χ2v) is 9.24. The zero-order valence-electron chi connectivity index (χ0n) is 17.8. The maximum Gasteiger partial charge on any atom is 0.329 e. The van der Waals surface area contributed by atoms with Gasteiger partial charge in [0.15, 0.2) is 0 Å². The van der Waals surface area contributed by atoms with E-state index in [9.17, 15) is 18.0 Å². The third-order valence-corrected chi connectivity index (χ3v) is 6.24. The SMILES string of the molecule is Cc1ccc(NC(=O)C(=O)N/N=C/c2ccc(CNS(=O)(=O)c3ccc(Cl)cc3)o2)cc1C. The van der Waals surface area contributed by atoms with Crippen molar-refractivity contribution in [3.05, 3.63) is 82.3 Å². The molecule has 0 aliphatic rings. The molecule has 1 aromatic heterocycles. The lowest BCUT2D eigenvalue weighted by molar-refractivity contribution is -0.136. The van der Waals surface area contributed by atoms with Crippen LogP contribution in [0.2, 0.25) is 5.02 Å². The van der Waals surface area contributed by atoms with Crippen LogP contribution < -0.4 is 15.5 Å². The van der Waals surface area contributed by atoms with Crippen molar-refractivity contribution in [2.75, 3.05) is 5.32 Å². The lowest BCUT2D eigenvalue weighted by Gasteiger charge is -2.06. The highest BCUT2D eigenvalue weighted by Gasteiger charge is 2.15. The Labute approximate surface area is 195 Å². The van der Waals surface area contributed by atoms with Gasteiger partial charge in [0, 0.05) is 10.7 Å². The Hall–Kier alpha value is -3.47. The first-order valence-electron chi connectivity index (χ1n) is 9.69. The van der Waals surface area contributed by atoms with E-state index in [-0.39, 0.29) is 17.2 Å². The third-order valence-electron chi connectivity index (χ3n) is 4.57. The van der Waals surface area contributed by atoms with Crippen molar-refractivity contribution in [2.45, 2.75) is 25.3 Å². The summed E-state index contributed by atoms with van der Waals surface area (Å²) in [7, 11) is -3.74. The van der Waals surface area contributed by atoms with Crippen molar-refractivity contribution in [2.24, 2.45) is 5.10 Å². The summed E-state index contributed by atoms with van der Waals surface area (Å²) < 4.78 is 32.4. The molecule has 3 rings (SSSR count). The number of aryl methyl sites for hydroxylation is 2. The Kier molecular flexibility index (Phi) is 7.64. The van der Waals surface area contributed by atoms with E-state index in [2.05, 4.69) is 20.6 Å². The highest BCUT2D eigenvalue weighted by atomic mass is 35.5. The number of carbonyl (C=O) groups excluding carboxylic acids is 2. The largest absolute Gasteiger partial charge is 0.459 e. The molecular weight excluding hydrogens is 468 g/mol. The van der Waals surface area contributed by atoms with Crippen molar-refractivity contribution in [1.82, 2.24) is 10.1 Å². The quantitative estimate of drug-likeness (QED) is 0.267. The Morgan fingerprint density at radius 3 is 2.42 bits per heavy atom. The average Bonchev–Trinajstić information content (AvgIpc) is 3.23. The first-order chi connectivity index (χ1) is 15.6. The summed E-state index contributed by atoms with van der Waals surface area (Å²) in [6, 6.07) is 14.1. The van der Waals surface area contributed by atoms with Crippen LogP contribution >= 0.6 is 11.6 Å². The zero-order chi connectivity index (χ0) is 24.0. The summed E-state index contributed by atoms with van der Waals surface area (Å²) in [5.74, 6) is -1.24. The standard InChI is InChI=1S/C22H21ClN4O5S/c1-14-3-6-17(11-15(14)2)26-21(28)22(29)27-24-12-18-7-8-19(32-18)13-25-33(30,31)20-9-4-16(23)5-10-20/h3-12,25H,13H2,1-2H3,(H,26,28)(H,27,29)/b24-12+. The van der Waals surface area contributed by atoms with Crippen LogP contribution in [0.3, 0.4) is 0 Å². The second-order valence-electron chi connectivity index (χ2n) is 7.03. The minimum Gasteiger partial charge on any atom is -0.459 e. The first kappa shape index (κ1) is 24.2. The van der Waals surface area contributed by atoms with Crippen molar-refractivity contribution in [1.29, 1.82) is 0 Å². The number of benzene rings is 2. The highest BCUT2D eigenvalue weighted by molar-refractivity contribution is 7.89. The summed E-state index contributed by atoms with van der Waals surface area (Å²) >= 11 is 5.77. The number of hydrogen-bond acceptors (Lipinski definition) is 6. The molecule has 0 spiro atoms. The van der Waals surface area contributed by atoms with E-state index >= 15 is 0 Å². The second kappa shape index (κ2) is 10.4. The van der Waals surface area contributed by atoms with E-state index in [1.54, 1.807) is 18.2 Å². The van der Waals surface area contributed by atoms with Crippen molar-refractivity contribution < 1.29 is 22.4 Å². The van der Waals surface area contributed by atoms with Gasteiger partial charge >= 0.3 is 11.8 Å². The van der Waals surface area contributed by atoms with Gasteiger partial charge in [-0.3, -0.25) is 9.59 Å². The molecule has 172 valence electrons. The number of halogens is 1. The molecule has 2 aromatic carbocycles. The molecule has 0 unspecified atom stereocenters. The maximum absolute atomic E-state index is 12.3. The summed E-state index contributed by atoms with van der Waals surface area (Å²) in [5, 5.41) is 6.60. The van der Waals surface area contributed by atoms with Crippen LogP contribution in [-0.4, -0.2) is 26.4 Å². The van der Waals surface area contributed by atoms with Crippen molar-refractivity contribution in [3.8, 4) is 0 Å². The first-order valence-corrected chi connectivity index (χ1v) is 11.6. The molecule has 3 N–H and O–H groups in total. The topological polar surface area (TPSA) is 130 Å². The monoisotopic (exact) mass is 488 g/mol. The molecule has 0 fully saturated rings. The molecule has 0 bridgehead atoms. The molecule has 2 amide bonds. The van der Waals surface area contributed by atoms with E-state index in [4.69, 9.17) is 16.0 Å². The predicted molar refractivity (Wildman–Crippen MR) is 124 cm³/mol. The average molecular weight is 489 g/mol. The Morgan fingerprint density at radius 2 is 1.73 bits per heavy atom. The molecular formula is C22H21ClN4O5S. The van der Waals surface area contributed by atoms with Crippen molar-refractivity contribution in [3.63, 3.8) is 0 Å². The fraction of sp³-hybridized carbons (Fsp3) is 0.136. The molecule has 11 heteroatoms. The molecule has 0 aliphatic carbocycles. The normalized spacial score (nSPS) is 11.5. The summed E-state index contributed by atoms with van der Waals surface area (Å²) in [6.45, 7) is 3.75. The van der Waals surface area contributed by atoms with Gasteiger partial charge in [-0.2, -0.15) is 5.10 Å². The van der Waals surface area contributed by atoms with Gasteiger partial charge < -0.3 is 9.73 Å². The van der Waals surface area contributed by atoms with Crippen molar-refractivity contribution >= 4 is 45.3 Å². The zero-order valence-corrected chi connectivity index (χ0v) is 19.3. The number of furan rings is 1. The van der Waals surface area contributed by atoms with Crippen LogP contribution in [0.4, 0.5) is 5.69 Å². The smallest absolute Gasteiger partial charge is 0.329 e. The van der Waals surface area contributed by atoms with Gasteiger partial charge in [-0.05, 0) is 73.5 Å². The Balaban J connectivity index is 1.50. The number of carbonyl (C=O) groups is 2. The molecule has 1 heterocycles. The minimum atomic E-state index is -3.74. The Bertz CT molecular complexity index is 1300. The molecule has 0 aliphatic heterocycles. The number of anilines is 1. The molecule has 9 nitrogen and oxygen atoms in total. The third kappa shape index (κ3) is 6.75. The lowest BCUT2D eigenvalue weighted by atomic mass is 10.1. The van der Waals surface area contributed by atoms with Gasteiger partial charge in [-0.15, -0.1) is 0 Å². The summed E-state index contributed by atoms with van der Waals surface area (Å²) in [6.07, 6.45) is 1.19. The summed E-state index contributed by atoms with van der Waals surface area (Å²) in [4.78, 5) is 24.0. The Morgan fingerprint density at radius 1 is 1.00 bits per heavy atom. The number of hydrazone groups is 1. The summed E-state index contributed by atoms with van der Waals surface area (Å²) in [5.41, 5.74) is 4.65. The van der Waals surface area contributed by atoms with Gasteiger partial charge in [0.2, 0.25) is 10.0 Å². The molecule has 0 saturated carbocycles. The lowest BCUT2D eigenvalue weighted by Crippen LogP contribution is -2.32. The molecule has 0 radical (unpaired) electrons. The van der Waals surface area contributed by atoms with E-state index in [1.165, 1.54) is 36.5 Å². The molecule has 33 heavy (non-hydrogen) atoms. The van der Waals surface area contributed by atoms with Crippen LogP contribution in [0.1, 0.15) is 22.6 Å². The van der Waals surface area contributed by atoms with Gasteiger partial charge in [-0.1, -0.05) is 17.7 Å². The predicted octanol–water partition coefficient (Wildman–Crippen LogP) is 3.12. The van der Waals surface area contributed by atoms with Crippen LogP contribution in [0, 0.1) is 13.8 Å². The molecule has 0 atom stereocenters. The van der Waals surface area contributed by atoms with Gasteiger partial charge in [-0.25, -0.2) is 18.6 Å².